The van der Waals surface area contributed by atoms with E-state index in [1.807, 2.05) is 31.2 Å². The third kappa shape index (κ3) is 11.2. The molecular formula is C40H49NO4. The fraction of sp³-hybridized carbons (Fsp3) is 0.475. The molecule has 0 N–H and O–H groups in total. The largest absolute Gasteiger partial charge is 0.459 e. The van der Waals surface area contributed by atoms with Gasteiger partial charge in [0.25, 0.3) is 0 Å². The van der Waals surface area contributed by atoms with E-state index in [9.17, 15) is 9.59 Å². The third-order valence-electron chi connectivity index (χ3n) is 8.85. The fourth-order valence-electron chi connectivity index (χ4n) is 6.02. The minimum atomic E-state index is -0.367. The lowest BCUT2D eigenvalue weighted by Gasteiger charge is -2.29. The summed E-state index contributed by atoms with van der Waals surface area (Å²) in [5.74, 6) is 7.31. The van der Waals surface area contributed by atoms with Gasteiger partial charge in [0.2, 0.25) is 0 Å². The van der Waals surface area contributed by atoms with Gasteiger partial charge in [0.05, 0.1) is 17.2 Å². The van der Waals surface area contributed by atoms with E-state index in [0.717, 1.165) is 30.7 Å². The zero-order chi connectivity index (χ0) is 31.9. The maximum Gasteiger partial charge on any atom is 0.343 e. The fourth-order valence-corrected chi connectivity index (χ4v) is 6.02. The second-order valence-electron chi connectivity index (χ2n) is 12.5. The first-order valence-corrected chi connectivity index (χ1v) is 17.1. The number of carbonyl (C=O) groups excluding carboxylic acids is 2. The molecule has 1 atom stereocenters. The minimum Gasteiger partial charge on any atom is -0.459 e. The summed E-state index contributed by atoms with van der Waals surface area (Å²) in [6.07, 6.45) is 17.4. The lowest BCUT2D eigenvalue weighted by molar-refractivity contribution is 0.0318. The van der Waals surface area contributed by atoms with E-state index in [0.29, 0.717) is 28.5 Å². The van der Waals surface area contributed by atoms with Crippen LogP contribution >= 0.6 is 0 Å². The molecule has 0 saturated heterocycles. The highest BCUT2D eigenvalue weighted by Crippen LogP contribution is 2.37. The van der Waals surface area contributed by atoms with Crippen molar-refractivity contribution in [3.8, 4) is 17.6 Å². The molecule has 0 aliphatic heterocycles. The van der Waals surface area contributed by atoms with Crippen molar-refractivity contribution >= 4 is 11.9 Å². The predicted molar refractivity (Wildman–Crippen MR) is 181 cm³/mol. The van der Waals surface area contributed by atoms with Crippen LogP contribution in [0.3, 0.4) is 0 Å². The molecule has 5 nitrogen and oxygen atoms in total. The lowest BCUT2D eigenvalue weighted by Crippen LogP contribution is -2.15. The summed E-state index contributed by atoms with van der Waals surface area (Å²) >= 11 is 0. The Labute approximate surface area is 270 Å². The molecule has 1 heterocycles. The second-order valence-corrected chi connectivity index (χ2v) is 12.5. The van der Waals surface area contributed by atoms with Crippen LogP contribution in [0.4, 0.5) is 0 Å². The number of esters is 2. The van der Waals surface area contributed by atoms with E-state index >= 15 is 0 Å². The molecule has 4 rings (SSSR count). The summed E-state index contributed by atoms with van der Waals surface area (Å²) in [5, 5.41) is 0. The average molecular weight is 608 g/mol. The molecule has 1 saturated carbocycles. The average Bonchev–Trinajstić information content (AvgIpc) is 3.07. The van der Waals surface area contributed by atoms with Crippen LogP contribution in [-0.2, 0) is 4.74 Å². The monoisotopic (exact) mass is 607 g/mol. The third-order valence-corrected chi connectivity index (χ3v) is 8.85. The summed E-state index contributed by atoms with van der Waals surface area (Å²) in [4.78, 5) is 29.5. The number of pyridine rings is 1. The van der Waals surface area contributed by atoms with Gasteiger partial charge in [0.1, 0.15) is 11.4 Å². The molecule has 45 heavy (non-hydrogen) atoms. The molecule has 1 aromatic heterocycles. The number of hydrogen-bond donors (Lipinski definition) is 0. The molecule has 1 aliphatic carbocycles. The van der Waals surface area contributed by atoms with Crippen molar-refractivity contribution in [1.29, 1.82) is 0 Å². The van der Waals surface area contributed by atoms with Crippen molar-refractivity contribution < 1.29 is 19.1 Å². The van der Waals surface area contributed by atoms with Crippen molar-refractivity contribution in [2.75, 3.05) is 0 Å². The van der Waals surface area contributed by atoms with Crippen LogP contribution in [0, 0.1) is 17.8 Å². The van der Waals surface area contributed by atoms with Gasteiger partial charge in [-0.25, -0.2) is 14.6 Å². The molecule has 1 aliphatic rings. The Morgan fingerprint density at radius 1 is 0.778 bits per heavy atom. The van der Waals surface area contributed by atoms with Gasteiger partial charge >= 0.3 is 11.9 Å². The normalized spacial score (nSPS) is 16.7. The van der Waals surface area contributed by atoms with Gasteiger partial charge in [-0.15, -0.1) is 0 Å². The molecule has 0 radical (unpaired) electrons. The van der Waals surface area contributed by atoms with Crippen LogP contribution in [0.25, 0.3) is 0 Å². The Balaban J connectivity index is 1.22. The first kappa shape index (κ1) is 34.0. The highest BCUT2D eigenvalue weighted by Gasteiger charge is 2.22. The van der Waals surface area contributed by atoms with Crippen LogP contribution in [0.15, 0.2) is 66.9 Å². The van der Waals surface area contributed by atoms with Crippen LogP contribution < -0.4 is 4.74 Å². The predicted octanol–water partition coefficient (Wildman–Crippen LogP) is 10.1. The molecule has 3 aromatic rings. The van der Waals surface area contributed by atoms with Gasteiger partial charge < -0.3 is 9.47 Å². The molecule has 0 unspecified atom stereocenters. The Morgan fingerprint density at radius 2 is 1.47 bits per heavy atom. The van der Waals surface area contributed by atoms with Gasteiger partial charge in [-0.1, -0.05) is 76.8 Å². The number of benzene rings is 2. The maximum absolute atomic E-state index is 12.8. The van der Waals surface area contributed by atoms with Crippen LogP contribution in [-0.4, -0.2) is 23.0 Å². The molecule has 1 fully saturated rings. The number of unbranched alkanes of at least 4 members (excludes halogenated alkanes) is 5. The number of hydrogen-bond acceptors (Lipinski definition) is 5. The Kier molecular flexibility index (Phi) is 13.7. The number of aromatic nitrogens is 1. The van der Waals surface area contributed by atoms with Crippen molar-refractivity contribution in [2.45, 2.75) is 116 Å². The van der Waals surface area contributed by atoms with E-state index in [4.69, 9.17) is 9.47 Å². The summed E-state index contributed by atoms with van der Waals surface area (Å²) in [5.41, 5.74) is 3.62. The Morgan fingerprint density at radius 3 is 2.13 bits per heavy atom. The van der Waals surface area contributed by atoms with Crippen LogP contribution in [0.2, 0.25) is 0 Å². The quantitative estimate of drug-likeness (QED) is 0.0790. The Hall–Kier alpha value is -3.91. The molecule has 2 aromatic carbocycles. The van der Waals surface area contributed by atoms with Crippen molar-refractivity contribution in [3.63, 3.8) is 0 Å². The summed E-state index contributed by atoms with van der Waals surface area (Å²) in [6.45, 7) is 6.38. The van der Waals surface area contributed by atoms with Crippen molar-refractivity contribution in [3.05, 3.63) is 94.8 Å². The van der Waals surface area contributed by atoms with Crippen molar-refractivity contribution in [1.82, 2.24) is 4.98 Å². The van der Waals surface area contributed by atoms with Gasteiger partial charge in [0.15, 0.2) is 0 Å². The maximum atomic E-state index is 12.8. The topological polar surface area (TPSA) is 65.5 Å². The first-order valence-electron chi connectivity index (χ1n) is 17.1. The summed E-state index contributed by atoms with van der Waals surface area (Å²) in [7, 11) is 0. The highest BCUT2D eigenvalue weighted by molar-refractivity contribution is 5.91. The van der Waals surface area contributed by atoms with E-state index in [2.05, 4.69) is 42.8 Å². The summed E-state index contributed by atoms with van der Waals surface area (Å²) < 4.78 is 11.2. The standard InChI is InChI=1S/C40H49NO4/c1-4-6-8-10-11-30(3)44-40(43)36-24-26-37(41-29-36)25-15-32-16-27-38(28-17-32)45-39(42)35-22-20-34(21-23-35)33-18-13-31(14-19-33)12-9-7-5-2/h16-17,20-24,26-31,33H,4-14,18-19H2,1-3H3/t30-,31?,33?/m1/s1. The van der Waals surface area contributed by atoms with E-state index in [-0.39, 0.29) is 18.0 Å². The molecule has 0 amide bonds. The molecule has 238 valence electrons. The van der Waals surface area contributed by atoms with Gasteiger partial charge in [-0.3, -0.25) is 0 Å². The summed E-state index contributed by atoms with van der Waals surface area (Å²) in [6, 6.07) is 18.5. The number of rotatable bonds is 14. The molecule has 0 spiro atoms. The van der Waals surface area contributed by atoms with Gasteiger partial charge in [-0.05, 0) is 117 Å². The number of nitrogens with zero attached hydrogens (tertiary/aromatic N) is 1. The van der Waals surface area contributed by atoms with Crippen molar-refractivity contribution in [2.24, 2.45) is 5.92 Å². The Bertz CT molecular complexity index is 1390. The van der Waals surface area contributed by atoms with Crippen LogP contribution in [0.5, 0.6) is 5.75 Å². The molecule has 0 bridgehead atoms. The smallest absolute Gasteiger partial charge is 0.343 e. The van der Waals surface area contributed by atoms with E-state index in [1.54, 1.807) is 24.3 Å². The molecule has 5 heteroatoms. The molecular weight excluding hydrogens is 558 g/mol. The van der Waals surface area contributed by atoms with Gasteiger partial charge in [-0.2, -0.15) is 0 Å². The zero-order valence-corrected chi connectivity index (χ0v) is 27.4. The number of carbonyl (C=O) groups is 2. The van der Waals surface area contributed by atoms with Crippen LogP contribution in [0.1, 0.15) is 148 Å². The number of ether oxygens (including phenoxy) is 2. The first-order chi connectivity index (χ1) is 21.9. The minimum absolute atomic E-state index is 0.115. The lowest BCUT2D eigenvalue weighted by atomic mass is 9.77. The van der Waals surface area contributed by atoms with E-state index in [1.165, 1.54) is 76.0 Å². The zero-order valence-electron chi connectivity index (χ0n) is 27.4. The SMILES string of the molecule is CCCCCC[C@@H](C)OC(=O)c1ccc(C#Cc2ccc(OC(=O)c3ccc(C4CCC(CCCCC)CC4)cc3)cc2)nc1. The van der Waals surface area contributed by atoms with Gasteiger partial charge in [0, 0.05) is 11.8 Å². The highest BCUT2D eigenvalue weighted by atomic mass is 16.5. The second kappa shape index (κ2) is 18.2. The van der Waals surface area contributed by atoms with E-state index < -0.39 is 0 Å².